The van der Waals surface area contributed by atoms with Crippen molar-refractivity contribution in [2.45, 2.75) is 32.0 Å². The predicted octanol–water partition coefficient (Wildman–Crippen LogP) is 6.63. The van der Waals surface area contributed by atoms with E-state index in [0.29, 0.717) is 22.0 Å². The molecule has 1 N–H and O–H groups in total. The number of benzene rings is 4. The van der Waals surface area contributed by atoms with Crippen molar-refractivity contribution < 1.29 is 14.0 Å². The number of hydrogen-bond acceptors (Lipinski definition) is 2. The van der Waals surface area contributed by atoms with Gasteiger partial charge in [0.25, 0.3) is 0 Å². The maximum absolute atomic E-state index is 13.8. The second-order valence-electron chi connectivity index (χ2n) is 8.97. The highest BCUT2D eigenvalue weighted by Gasteiger charge is 2.30. The molecule has 0 bridgehead atoms. The fraction of sp³-hybridized carbons (Fsp3) is 0.161. The van der Waals surface area contributed by atoms with Crippen molar-refractivity contribution in [3.8, 4) is 0 Å². The summed E-state index contributed by atoms with van der Waals surface area (Å²) in [4.78, 5) is 29.0. The van der Waals surface area contributed by atoms with Gasteiger partial charge in [0.15, 0.2) is 0 Å². The van der Waals surface area contributed by atoms with E-state index < -0.39 is 6.04 Å². The normalized spacial score (nSPS) is 11.6. The Balaban J connectivity index is 1.65. The lowest BCUT2D eigenvalue weighted by Gasteiger charge is -2.32. The monoisotopic (exact) mass is 548 g/mol. The van der Waals surface area contributed by atoms with Crippen molar-refractivity contribution >= 4 is 35.0 Å². The van der Waals surface area contributed by atoms with Gasteiger partial charge in [-0.25, -0.2) is 4.39 Å². The Morgan fingerprint density at radius 1 is 0.763 bits per heavy atom. The van der Waals surface area contributed by atoms with Crippen molar-refractivity contribution in [2.24, 2.45) is 0 Å². The number of halogens is 3. The first-order chi connectivity index (χ1) is 18.4. The van der Waals surface area contributed by atoms with Crippen LogP contribution in [0.3, 0.4) is 0 Å². The summed E-state index contributed by atoms with van der Waals surface area (Å²) in [5, 5.41) is 4.09. The van der Waals surface area contributed by atoms with E-state index in [-0.39, 0.29) is 37.1 Å². The maximum Gasteiger partial charge on any atom is 0.243 e. The molecule has 4 nitrogen and oxygen atoms in total. The summed E-state index contributed by atoms with van der Waals surface area (Å²) < 4.78 is 13.6. The molecule has 0 aromatic heterocycles. The maximum atomic E-state index is 13.8. The number of rotatable bonds is 10. The average Bonchev–Trinajstić information content (AvgIpc) is 2.93. The summed E-state index contributed by atoms with van der Waals surface area (Å²) >= 11 is 12.3. The molecular weight excluding hydrogens is 522 g/mol. The summed E-state index contributed by atoms with van der Waals surface area (Å²) in [6.45, 7) is 0.364. The summed E-state index contributed by atoms with van der Waals surface area (Å²) in [7, 11) is 0. The van der Waals surface area contributed by atoms with Crippen molar-refractivity contribution in [1.29, 1.82) is 0 Å². The molecule has 4 rings (SSSR count). The van der Waals surface area contributed by atoms with Gasteiger partial charge in [-0.1, -0.05) is 96.0 Å². The van der Waals surface area contributed by atoms with Gasteiger partial charge < -0.3 is 10.2 Å². The number of amides is 2. The second-order valence-corrected chi connectivity index (χ2v) is 9.81. The van der Waals surface area contributed by atoms with Crippen LogP contribution in [0.1, 0.15) is 22.3 Å². The topological polar surface area (TPSA) is 49.4 Å². The molecule has 4 aromatic rings. The van der Waals surface area contributed by atoms with E-state index in [4.69, 9.17) is 23.2 Å². The van der Waals surface area contributed by atoms with Crippen LogP contribution in [0.2, 0.25) is 10.0 Å². The van der Waals surface area contributed by atoms with Crippen LogP contribution in [0.25, 0.3) is 0 Å². The third kappa shape index (κ3) is 7.67. The molecule has 1 unspecified atom stereocenters. The predicted molar refractivity (Wildman–Crippen MR) is 149 cm³/mol. The fourth-order valence-electron chi connectivity index (χ4n) is 4.16. The van der Waals surface area contributed by atoms with E-state index in [2.05, 4.69) is 5.32 Å². The van der Waals surface area contributed by atoms with Gasteiger partial charge >= 0.3 is 0 Å². The Morgan fingerprint density at radius 2 is 1.39 bits per heavy atom. The molecule has 4 aromatic carbocycles. The zero-order valence-corrected chi connectivity index (χ0v) is 22.1. The molecule has 0 fully saturated rings. The van der Waals surface area contributed by atoms with Crippen LogP contribution in [0.15, 0.2) is 103 Å². The third-order valence-corrected chi connectivity index (χ3v) is 6.84. The molecule has 0 aliphatic rings. The lowest BCUT2D eigenvalue weighted by Crippen LogP contribution is -2.50. The average molecular weight is 549 g/mol. The minimum absolute atomic E-state index is 0.0848. The minimum Gasteiger partial charge on any atom is -0.350 e. The highest BCUT2D eigenvalue weighted by molar-refractivity contribution is 6.31. The molecule has 1 atom stereocenters. The van der Waals surface area contributed by atoms with Crippen LogP contribution in [0, 0.1) is 5.82 Å². The van der Waals surface area contributed by atoms with E-state index in [1.165, 1.54) is 12.1 Å². The third-order valence-electron chi connectivity index (χ3n) is 6.22. The van der Waals surface area contributed by atoms with E-state index in [1.54, 1.807) is 47.4 Å². The number of hydrogen-bond donors (Lipinski definition) is 1. The van der Waals surface area contributed by atoms with E-state index in [0.717, 1.165) is 16.7 Å². The molecule has 38 heavy (non-hydrogen) atoms. The fourth-order valence-corrected chi connectivity index (χ4v) is 4.49. The molecule has 194 valence electrons. The largest absolute Gasteiger partial charge is 0.350 e. The van der Waals surface area contributed by atoms with Crippen LogP contribution in [-0.2, 0) is 35.5 Å². The second kappa shape index (κ2) is 13.2. The quantitative estimate of drug-likeness (QED) is 0.241. The Kier molecular flexibility index (Phi) is 9.52. The Bertz CT molecular complexity index is 1360. The van der Waals surface area contributed by atoms with E-state index in [1.807, 2.05) is 48.5 Å². The van der Waals surface area contributed by atoms with Crippen LogP contribution >= 0.6 is 23.2 Å². The lowest BCUT2D eigenvalue weighted by molar-refractivity contribution is -0.140. The van der Waals surface area contributed by atoms with Crippen LogP contribution in [0.4, 0.5) is 4.39 Å². The number of nitrogens with zero attached hydrogens (tertiary/aromatic N) is 1. The summed E-state index contributed by atoms with van der Waals surface area (Å²) in [5.74, 6) is -0.906. The van der Waals surface area contributed by atoms with E-state index in [9.17, 15) is 14.0 Å². The van der Waals surface area contributed by atoms with Crippen molar-refractivity contribution in [3.63, 3.8) is 0 Å². The first-order valence-electron chi connectivity index (χ1n) is 12.2. The van der Waals surface area contributed by atoms with Crippen LogP contribution in [-0.4, -0.2) is 22.8 Å². The molecule has 7 heteroatoms. The highest BCUT2D eigenvalue weighted by Crippen LogP contribution is 2.19. The van der Waals surface area contributed by atoms with Gasteiger partial charge in [0, 0.05) is 29.6 Å². The van der Waals surface area contributed by atoms with Gasteiger partial charge in [-0.3, -0.25) is 9.59 Å². The molecule has 0 spiro atoms. The first kappa shape index (κ1) is 27.4. The Hall–Kier alpha value is -3.67. The smallest absolute Gasteiger partial charge is 0.243 e. The zero-order valence-electron chi connectivity index (χ0n) is 20.6. The first-order valence-corrected chi connectivity index (χ1v) is 13.0. The molecule has 0 heterocycles. The Labute approximate surface area is 232 Å². The van der Waals surface area contributed by atoms with Gasteiger partial charge in [0.1, 0.15) is 11.9 Å². The lowest BCUT2D eigenvalue weighted by atomic mass is 10.0. The zero-order chi connectivity index (χ0) is 26.9. The van der Waals surface area contributed by atoms with Crippen LogP contribution in [0.5, 0.6) is 0 Å². The molecule has 0 aliphatic heterocycles. The number of carbonyl (C=O) groups is 2. The van der Waals surface area contributed by atoms with Gasteiger partial charge in [-0.05, 0) is 52.6 Å². The molecule has 0 saturated heterocycles. The van der Waals surface area contributed by atoms with E-state index >= 15 is 0 Å². The standard InChI is InChI=1S/C31H27Cl2FN2O2/c32-26-14-10-23(11-15-26)19-30(37)36(21-24-12-16-27(34)17-13-24)29(18-22-6-2-1-3-7-22)31(38)35-20-25-8-4-5-9-28(25)33/h1-17,29H,18-21H2,(H,35,38). The Morgan fingerprint density at radius 3 is 2.08 bits per heavy atom. The van der Waals surface area contributed by atoms with Crippen LogP contribution < -0.4 is 5.32 Å². The van der Waals surface area contributed by atoms with Crippen molar-refractivity contribution in [3.05, 3.63) is 141 Å². The molecule has 0 saturated carbocycles. The van der Waals surface area contributed by atoms with Gasteiger partial charge in [-0.15, -0.1) is 0 Å². The highest BCUT2D eigenvalue weighted by atomic mass is 35.5. The summed E-state index contributed by atoms with van der Waals surface area (Å²) in [5.41, 5.74) is 3.18. The van der Waals surface area contributed by atoms with Crippen molar-refractivity contribution in [1.82, 2.24) is 10.2 Å². The SMILES string of the molecule is O=C(NCc1ccccc1Cl)C(Cc1ccccc1)N(Cc1ccc(F)cc1)C(=O)Cc1ccc(Cl)cc1. The van der Waals surface area contributed by atoms with Gasteiger partial charge in [0.2, 0.25) is 11.8 Å². The molecule has 0 aliphatic carbocycles. The molecule has 0 radical (unpaired) electrons. The van der Waals surface area contributed by atoms with Crippen molar-refractivity contribution in [2.75, 3.05) is 0 Å². The molecule has 2 amide bonds. The van der Waals surface area contributed by atoms with Gasteiger partial charge in [-0.2, -0.15) is 0 Å². The van der Waals surface area contributed by atoms with Gasteiger partial charge in [0.05, 0.1) is 6.42 Å². The minimum atomic E-state index is -0.815. The summed E-state index contributed by atoms with van der Waals surface area (Å²) in [6.07, 6.45) is 0.393. The molecular formula is C31H27Cl2FN2O2. The summed E-state index contributed by atoms with van der Waals surface area (Å²) in [6, 6.07) is 29.0. The number of carbonyl (C=O) groups excluding carboxylic acids is 2. The number of nitrogens with one attached hydrogen (secondary N) is 1.